The first kappa shape index (κ1) is 32.4. The molecule has 1 saturated heterocycles. The fourth-order valence-corrected chi connectivity index (χ4v) is 7.07. The molecule has 0 radical (unpaired) electrons. The molecule has 1 fully saturated rings. The summed E-state index contributed by atoms with van der Waals surface area (Å²) in [5, 5.41) is 35.0. The highest BCUT2D eigenvalue weighted by Gasteiger charge is 2.25. The van der Waals surface area contributed by atoms with Gasteiger partial charge < -0.3 is 26.2 Å². The summed E-state index contributed by atoms with van der Waals surface area (Å²) in [5.74, 6) is 0.201. The average molecular weight is 688 g/mol. The standard InChI is InChI=1S/C35H36Cl2N8O3/c36-31-24(4-1-6-27(31)41-34-33-22(9-11-39-34)16-21(18-40-33)19-44-14-10-23(47)20-44)25-5-2-7-28(32(25)37)42-35(48)29-17-30-26(38-12-15-46)8-3-13-45(30)43-29/h1-2,4-7,9,11,16-18,23,26,38,46-47H,3,8,10,12-15,19-20H2,(H,39,41)(H,42,48)/t23-,26?/m1/s1. The Labute approximate surface area is 287 Å². The zero-order chi connectivity index (χ0) is 33.2. The first-order chi connectivity index (χ1) is 23.4. The molecule has 2 aliphatic rings. The lowest BCUT2D eigenvalue weighted by Crippen LogP contribution is -2.29. The molecule has 13 heteroatoms. The number of β-amino-alcohol motifs (C(OH)–C–C–N with tert-alkyl or cyclic N) is 1. The van der Waals surface area contributed by atoms with E-state index < -0.39 is 0 Å². The fraction of sp³-hybridized carbons (Fsp3) is 0.314. The molecule has 5 heterocycles. The second-order valence-corrected chi connectivity index (χ2v) is 13.0. The molecule has 7 rings (SSSR count). The van der Waals surface area contributed by atoms with Crippen LogP contribution >= 0.6 is 23.2 Å². The lowest BCUT2D eigenvalue weighted by atomic mass is 10.0. The number of hydrogen-bond donors (Lipinski definition) is 5. The molecule has 48 heavy (non-hydrogen) atoms. The van der Waals surface area contributed by atoms with Crippen LogP contribution in [-0.4, -0.2) is 73.1 Å². The SMILES string of the molecule is O=C(Nc1cccc(-c2cccc(Nc3nccc4cc(CN5CC[C@@H](O)C5)cnc34)c2Cl)c1Cl)c1cc2n(n1)CCCC2NCCO. The number of fused-ring (bicyclic) bond motifs is 2. The van der Waals surface area contributed by atoms with Gasteiger partial charge in [-0.3, -0.25) is 19.4 Å². The Kier molecular flexibility index (Phi) is 9.58. The number of nitrogens with one attached hydrogen (secondary N) is 3. The number of likely N-dealkylation sites (tertiary alicyclic amines) is 1. The number of carbonyl (C=O) groups is 1. The van der Waals surface area contributed by atoms with E-state index >= 15 is 0 Å². The van der Waals surface area contributed by atoms with Crippen LogP contribution in [0.15, 0.2) is 67.0 Å². The highest BCUT2D eigenvalue weighted by atomic mass is 35.5. The van der Waals surface area contributed by atoms with Crippen LogP contribution in [0.4, 0.5) is 17.2 Å². The maximum Gasteiger partial charge on any atom is 0.276 e. The number of anilines is 3. The molecule has 1 unspecified atom stereocenters. The molecule has 0 spiro atoms. The Morgan fingerprint density at radius 3 is 2.54 bits per heavy atom. The summed E-state index contributed by atoms with van der Waals surface area (Å²) in [4.78, 5) is 24.8. The summed E-state index contributed by atoms with van der Waals surface area (Å²) < 4.78 is 1.85. The topological polar surface area (TPSA) is 140 Å². The van der Waals surface area contributed by atoms with Crippen molar-refractivity contribution in [1.82, 2.24) is 30.0 Å². The zero-order valence-electron chi connectivity index (χ0n) is 26.2. The van der Waals surface area contributed by atoms with Crippen LogP contribution in [0.1, 0.15) is 47.1 Å². The van der Waals surface area contributed by atoms with Gasteiger partial charge in [0.15, 0.2) is 11.5 Å². The molecule has 5 N–H and O–H groups in total. The van der Waals surface area contributed by atoms with Gasteiger partial charge in [-0.2, -0.15) is 5.10 Å². The number of aromatic nitrogens is 4. The maximum atomic E-state index is 13.3. The number of rotatable bonds is 10. The van der Waals surface area contributed by atoms with Crippen molar-refractivity contribution < 1.29 is 15.0 Å². The van der Waals surface area contributed by atoms with Gasteiger partial charge in [-0.25, -0.2) is 4.98 Å². The van der Waals surface area contributed by atoms with Crippen molar-refractivity contribution in [2.45, 2.75) is 44.5 Å². The molecular formula is C35H36Cl2N8O3. The van der Waals surface area contributed by atoms with Crippen LogP contribution in [0.5, 0.6) is 0 Å². The monoisotopic (exact) mass is 686 g/mol. The molecule has 0 bridgehead atoms. The van der Waals surface area contributed by atoms with Crippen LogP contribution in [0.2, 0.25) is 10.0 Å². The molecule has 3 aromatic heterocycles. The van der Waals surface area contributed by atoms with Gasteiger partial charge in [0.05, 0.1) is 39.8 Å². The van der Waals surface area contributed by atoms with Crippen LogP contribution in [0.25, 0.3) is 22.0 Å². The van der Waals surface area contributed by atoms with Crippen LogP contribution in [-0.2, 0) is 13.1 Å². The van der Waals surface area contributed by atoms with Gasteiger partial charge in [-0.05, 0) is 55.2 Å². The van der Waals surface area contributed by atoms with Crippen molar-refractivity contribution in [3.8, 4) is 11.1 Å². The van der Waals surface area contributed by atoms with Crippen LogP contribution in [0, 0.1) is 0 Å². The minimum Gasteiger partial charge on any atom is -0.395 e. The van der Waals surface area contributed by atoms with Gasteiger partial charge in [-0.15, -0.1) is 0 Å². The van der Waals surface area contributed by atoms with Gasteiger partial charge in [0.1, 0.15) is 5.52 Å². The van der Waals surface area contributed by atoms with Crippen molar-refractivity contribution in [2.24, 2.45) is 0 Å². The van der Waals surface area contributed by atoms with E-state index in [0.717, 1.165) is 55.5 Å². The number of carbonyl (C=O) groups excluding carboxylic acids is 1. The average Bonchev–Trinajstić information content (AvgIpc) is 3.72. The summed E-state index contributed by atoms with van der Waals surface area (Å²) >= 11 is 13.9. The minimum absolute atomic E-state index is 0.0304. The number of halogens is 2. The number of benzene rings is 2. The van der Waals surface area contributed by atoms with Gasteiger partial charge in [0, 0.05) is 67.7 Å². The minimum atomic E-state index is -0.367. The number of pyridine rings is 2. The third-order valence-corrected chi connectivity index (χ3v) is 9.68. The van der Waals surface area contributed by atoms with Crippen molar-refractivity contribution in [3.63, 3.8) is 0 Å². The molecule has 1 amide bonds. The van der Waals surface area contributed by atoms with Crippen LogP contribution in [0.3, 0.4) is 0 Å². The largest absolute Gasteiger partial charge is 0.395 e. The molecule has 2 aliphatic heterocycles. The summed E-state index contributed by atoms with van der Waals surface area (Å²) in [7, 11) is 0. The predicted molar refractivity (Wildman–Crippen MR) is 188 cm³/mol. The molecule has 5 aromatic rings. The van der Waals surface area contributed by atoms with Gasteiger partial charge >= 0.3 is 0 Å². The van der Waals surface area contributed by atoms with Crippen LogP contribution < -0.4 is 16.0 Å². The first-order valence-electron chi connectivity index (χ1n) is 16.1. The number of aryl methyl sites for hydroxylation is 1. The number of hydrogen-bond acceptors (Lipinski definition) is 9. The normalized spacial score (nSPS) is 17.8. The molecule has 0 saturated carbocycles. The van der Waals surface area contributed by atoms with Gasteiger partial charge in [0.2, 0.25) is 0 Å². The summed E-state index contributed by atoms with van der Waals surface area (Å²) in [6.07, 6.45) is 5.95. The van der Waals surface area contributed by atoms with E-state index in [2.05, 4.69) is 37.0 Å². The van der Waals surface area contributed by atoms with E-state index in [0.29, 0.717) is 62.7 Å². The van der Waals surface area contributed by atoms with E-state index in [-0.39, 0.29) is 24.7 Å². The molecule has 11 nitrogen and oxygen atoms in total. The van der Waals surface area contributed by atoms with E-state index in [1.807, 2.05) is 47.3 Å². The Hall–Kier alpha value is -4.10. The third kappa shape index (κ3) is 6.75. The quantitative estimate of drug-likeness (QED) is 0.124. The number of aliphatic hydroxyl groups is 2. The lowest BCUT2D eigenvalue weighted by Gasteiger charge is -2.24. The Balaban J connectivity index is 1.10. The van der Waals surface area contributed by atoms with E-state index in [4.69, 9.17) is 28.2 Å². The summed E-state index contributed by atoms with van der Waals surface area (Å²) in [6, 6.07) is 16.9. The van der Waals surface area contributed by atoms with Crippen molar-refractivity contribution in [1.29, 1.82) is 0 Å². The highest BCUT2D eigenvalue weighted by molar-refractivity contribution is 6.39. The molecule has 2 atom stereocenters. The number of amides is 1. The first-order valence-corrected chi connectivity index (χ1v) is 16.9. The van der Waals surface area contributed by atoms with Crippen molar-refractivity contribution in [2.75, 3.05) is 36.9 Å². The lowest BCUT2D eigenvalue weighted by molar-refractivity contribution is 0.102. The van der Waals surface area contributed by atoms with Gasteiger partial charge in [-0.1, -0.05) is 47.5 Å². The van der Waals surface area contributed by atoms with E-state index in [9.17, 15) is 15.0 Å². The molecule has 248 valence electrons. The second-order valence-electron chi connectivity index (χ2n) is 12.2. The summed E-state index contributed by atoms with van der Waals surface area (Å²) in [5.41, 5.74) is 5.41. The number of aliphatic hydroxyl groups excluding tert-OH is 2. The predicted octanol–water partition coefficient (Wildman–Crippen LogP) is 5.78. The Morgan fingerprint density at radius 2 is 1.77 bits per heavy atom. The molecular weight excluding hydrogens is 651 g/mol. The number of nitrogens with zero attached hydrogens (tertiary/aromatic N) is 5. The van der Waals surface area contributed by atoms with E-state index in [1.165, 1.54) is 0 Å². The Morgan fingerprint density at radius 1 is 0.979 bits per heavy atom. The summed E-state index contributed by atoms with van der Waals surface area (Å²) in [6.45, 7) is 3.52. The second kappa shape index (κ2) is 14.2. The maximum absolute atomic E-state index is 13.3. The van der Waals surface area contributed by atoms with E-state index in [1.54, 1.807) is 18.3 Å². The third-order valence-electron chi connectivity index (χ3n) is 8.86. The zero-order valence-corrected chi connectivity index (χ0v) is 27.7. The van der Waals surface area contributed by atoms with Crippen molar-refractivity contribution >= 4 is 57.2 Å². The smallest absolute Gasteiger partial charge is 0.276 e. The highest BCUT2D eigenvalue weighted by Crippen LogP contribution is 2.41. The Bertz CT molecular complexity index is 1970. The van der Waals surface area contributed by atoms with Gasteiger partial charge in [0.25, 0.3) is 5.91 Å². The molecule has 2 aromatic carbocycles. The molecule has 0 aliphatic carbocycles. The fourth-order valence-electron chi connectivity index (χ4n) is 6.52. The van der Waals surface area contributed by atoms with Crippen molar-refractivity contribution in [3.05, 3.63) is 94.0 Å².